The highest BCUT2D eigenvalue weighted by molar-refractivity contribution is 6.07. The molecule has 1 N–H and O–H groups in total. The first-order valence-corrected chi connectivity index (χ1v) is 9.80. The summed E-state index contributed by atoms with van der Waals surface area (Å²) in [6.07, 6.45) is 1.52. The Bertz CT molecular complexity index is 1300. The number of hydrogen-bond donors (Lipinski definition) is 1. The number of carbonyl (C=O) groups is 1. The lowest BCUT2D eigenvalue weighted by molar-refractivity contribution is 0.0956. The molecule has 0 aliphatic rings. The fourth-order valence-corrected chi connectivity index (χ4v) is 3.29. The van der Waals surface area contributed by atoms with E-state index in [1.807, 2.05) is 24.3 Å². The summed E-state index contributed by atoms with van der Waals surface area (Å²) in [5.41, 5.74) is 5.64. The van der Waals surface area contributed by atoms with Crippen LogP contribution in [0.3, 0.4) is 0 Å². The van der Waals surface area contributed by atoms with Crippen LogP contribution in [0.2, 0.25) is 0 Å². The molecule has 3 aromatic carbocycles. The molecule has 0 unspecified atom stereocenters. The third-order valence-electron chi connectivity index (χ3n) is 4.89. The molecule has 7 heteroatoms. The number of rotatable bonds is 6. The van der Waals surface area contributed by atoms with Crippen LogP contribution in [0.4, 0.5) is 4.39 Å². The Balaban J connectivity index is 1.63. The number of methoxy groups -OCH3 is 2. The van der Waals surface area contributed by atoms with Crippen molar-refractivity contribution in [2.75, 3.05) is 14.2 Å². The Labute approximate surface area is 184 Å². The second-order valence-electron chi connectivity index (χ2n) is 6.89. The van der Waals surface area contributed by atoms with Gasteiger partial charge in [0.05, 0.1) is 37.2 Å². The van der Waals surface area contributed by atoms with Crippen LogP contribution < -0.4 is 14.9 Å². The second kappa shape index (κ2) is 9.26. The van der Waals surface area contributed by atoms with E-state index in [4.69, 9.17) is 9.47 Å². The van der Waals surface area contributed by atoms with Crippen LogP contribution in [0.1, 0.15) is 15.9 Å². The zero-order valence-electron chi connectivity index (χ0n) is 17.5. The predicted molar refractivity (Wildman–Crippen MR) is 122 cm³/mol. The molecule has 0 radical (unpaired) electrons. The van der Waals surface area contributed by atoms with Gasteiger partial charge in [0.1, 0.15) is 5.82 Å². The average Bonchev–Trinajstić information content (AvgIpc) is 2.83. The number of pyridine rings is 1. The number of fused-ring (bicyclic) bond motifs is 1. The van der Waals surface area contributed by atoms with E-state index in [2.05, 4.69) is 15.5 Å². The van der Waals surface area contributed by atoms with E-state index in [1.54, 1.807) is 50.6 Å². The van der Waals surface area contributed by atoms with Gasteiger partial charge in [-0.1, -0.05) is 18.2 Å². The predicted octanol–water partition coefficient (Wildman–Crippen LogP) is 4.82. The minimum atomic E-state index is -0.385. The fraction of sp³-hybridized carbons (Fsp3) is 0.0800. The SMILES string of the molecule is COc1ccc(C=NNC(=O)c2cc(-c3ccc(F)cc3)nc3ccccc23)cc1OC. The molecule has 1 heterocycles. The van der Waals surface area contributed by atoms with Gasteiger partial charge in [0.25, 0.3) is 5.91 Å². The van der Waals surface area contributed by atoms with Crippen molar-refractivity contribution in [3.05, 3.63) is 89.7 Å². The number of ether oxygens (including phenoxy) is 2. The van der Waals surface area contributed by atoms with Crippen molar-refractivity contribution in [2.24, 2.45) is 5.10 Å². The van der Waals surface area contributed by atoms with Gasteiger partial charge >= 0.3 is 0 Å². The standard InChI is InChI=1S/C25H20FN3O3/c1-31-23-12-7-16(13-24(23)32-2)15-27-29-25(30)20-14-22(17-8-10-18(26)11-9-17)28-21-6-4-3-5-19(20)21/h3-15H,1-2H3,(H,29,30). The summed E-state index contributed by atoms with van der Waals surface area (Å²) in [4.78, 5) is 17.6. The Morgan fingerprint density at radius 3 is 2.47 bits per heavy atom. The number of halogens is 1. The quantitative estimate of drug-likeness (QED) is 0.352. The lowest BCUT2D eigenvalue weighted by Crippen LogP contribution is -2.18. The summed E-state index contributed by atoms with van der Waals surface area (Å²) in [6.45, 7) is 0. The molecule has 0 aliphatic carbocycles. The van der Waals surface area contributed by atoms with Gasteiger partial charge in [-0.3, -0.25) is 4.79 Å². The maximum atomic E-state index is 13.3. The molecule has 0 saturated carbocycles. The van der Waals surface area contributed by atoms with Crippen LogP contribution in [0.15, 0.2) is 77.9 Å². The largest absolute Gasteiger partial charge is 0.493 e. The zero-order valence-corrected chi connectivity index (χ0v) is 17.5. The molecule has 4 rings (SSSR count). The first-order chi connectivity index (χ1) is 15.6. The van der Waals surface area contributed by atoms with E-state index in [9.17, 15) is 9.18 Å². The van der Waals surface area contributed by atoms with Gasteiger partial charge in [-0.25, -0.2) is 14.8 Å². The second-order valence-corrected chi connectivity index (χ2v) is 6.89. The fourth-order valence-electron chi connectivity index (χ4n) is 3.29. The summed E-state index contributed by atoms with van der Waals surface area (Å²) in [5.74, 6) is 0.442. The summed E-state index contributed by atoms with van der Waals surface area (Å²) in [5, 5.41) is 4.77. The van der Waals surface area contributed by atoms with Crippen molar-refractivity contribution in [1.29, 1.82) is 0 Å². The number of nitrogens with zero attached hydrogens (tertiary/aromatic N) is 2. The number of carbonyl (C=O) groups excluding carboxylic acids is 1. The minimum absolute atomic E-state index is 0.336. The maximum Gasteiger partial charge on any atom is 0.272 e. The molecular formula is C25H20FN3O3. The molecule has 0 atom stereocenters. The van der Waals surface area contributed by atoms with Gasteiger partial charge in [-0.2, -0.15) is 5.10 Å². The number of hydrogen-bond acceptors (Lipinski definition) is 5. The van der Waals surface area contributed by atoms with Gasteiger partial charge < -0.3 is 9.47 Å². The smallest absolute Gasteiger partial charge is 0.272 e. The van der Waals surface area contributed by atoms with E-state index in [0.717, 1.165) is 5.56 Å². The highest BCUT2D eigenvalue weighted by atomic mass is 19.1. The summed E-state index contributed by atoms with van der Waals surface area (Å²) in [6, 6.07) is 20.3. The van der Waals surface area contributed by atoms with Crippen LogP contribution >= 0.6 is 0 Å². The van der Waals surface area contributed by atoms with E-state index in [1.165, 1.54) is 18.3 Å². The van der Waals surface area contributed by atoms with Crippen LogP contribution in [-0.4, -0.2) is 31.3 Å². The molecule has 4 aromatic rings. The number of aromatic nitrogens is 1. The topological polar surface area (TPSA) is 72.8 Å². The highest BCUT2D eigenvalue weighted by Gasteiger charge is 2.14. The molecule has 0 aliphatic heterocycles. The van der Waals surface area contributed by atoms with Crippen molar-refractivity contribution in [1.82, 2.24) is 10.4 Å². The normalized spacial score (nSPS) is 11.0. The Kier molecular flexibility index (Phi) is 6.07. The average molecular weight is 429 g/mol. The number of para-hydroxylation sites is 1. The molecule has 32 heavy (non-hydrogen) atoms. The molecule has 0 fully saturated rings. The first-order valence-electron chi connectivity index (χ1n) is 9.80. The van der Waals surface area contributed by atoms with Gasteiger partial charge in [0.15, 0.2) is 11.5 Å². The minimum Gasteiger partial charge on any atom is -0.493 e. The van der Waals surface area contributed by atoms with Crippen LogP contribution in [0, 0.1) is 5.82 Å². The highest BCUT2D eigenvalue weighted by Crippen LogP contribution is 2.27. The first kappa shape index (κ1) is 21.0. The van der Waals surface area contributed by atoms with Crippen molar-refractivity contribution in [3.8, 4) is 22.8 Å². The monoisotopic (exact) mass is 429 g/mol. The van der Waals surface area contributed by atoms with E-state index in [-0.39, 0.29) is 11.7 Å². The summed E-state index contributed by atoms with van der Waals surface area (Å²) < 4.78 is 23.8. The van der Waals surface area contributed by atoms with Crippen molar-refractivity contribution >= 4 is 23.0 Å². The van der Waals surface area contributed by atoms with Crippen LogP contribution in [0.25, 0.3) is 22.2 Å². The number of hydrazone groups is 1. The molecule has 1 amide bonds. The van der Waals surface area contributed by atoms with Crippen molar-refractivity contribution < 1.29 is 18.7 Å². The molecular weight excluding hydrogens is 409 g/mol. The van der Waals surface area contributed by atoms with Crippen molar-refractivity contribution in [2.45, 2.75) is 0 Å². The van der Waals surface area contributed by atoms with Gasteiger partial charge in [-0.15, -0.1) is 0 Å². The Morgan fingerprint density at radius 2 is 1.72 bits per heavy atom. The Morgan fingerprint density at radius 1 is 0.969 bits per heavy atom. The third-order valence-corrected chi connectivity index (χ3v) is 4.89. The van der Waals surface area contributed by atoms with Gasteiger partial charge in [0, 0.05) is 10.9 Å². The zero-order chi connectivity index (χ0) is 22.5. The van der Waals surface area contributed by atoms with Crippen molar-refractivity contribution in [3.63, 3.8) is 0 Å². The number of benzene rings is 3. The van der Waals surface area contributed by atoms with Crippen LogP contribution in [0.5, 0.6) is 11.5 Å². The maximum absolute atomic E-state index is 13.3. The molecule has 0 spiro atoms. The number of nitrogens with one attached hydrogen (secondary N) is 1. The molecule has 1 aromatic heterocycles. The molecule has 0 bridgehead atoms. The Hall–Kier alpha value is -4.26. The van der Waals surface area contributed by atoms with Gasteiger partial charge in [-0.05, 0) is 60.2 Å². The van der Waals surface area contributed by atoms with E-state index < -0.39 is 0 Å². The third kappa shape index (κ3) is 4.41. The van der Waals surface area contributed by atoms with E-state index >= 15 is 0 Å². The lowest BCUT2D eigenvalue weighted by atomic mass is 10.0. The molecule has 0 saturated heterocycles. The van der Waals surface area contributed by atoms with Gasteiger partial charge in [0.2, 0.25) is 0 Å². The molecule has 6 nitrogen and oxygen atoms in total. The number of amides is 1. The lowest BCUT2D eigenvalue weighted by Gasteiger charge is -2.09. The summed E-state index contributed by atoms with van der Waals surface area (Å²) in [7, 11) is 3.11. The summed E-state index contributed by atoms with van der Waals surface area (Å²) >= 11 is 0. The van der Waals surface area contributed by atoms with Crippen LogP contribution in [-0.2, 0) is 0 Å². The molecule has 160 valence electrons. The van der Waals surface area contributed by atoms with E-state index in [0.29, 0.717) is 39.2 Å².